The number of hydrogen-bond donors (Lipinski definition) is 0. The van der Waals surface area contributed by atoms with E-state index in [2.05, 4.69) is 0 Å². The number of nitrogens with zero attached hydrogens (tertiary/aromatic N) is 2. The summed E-state index contributed by atoms with van der Waals surface area (Å²) in [6.45, 7) is 2.95. The quantitative estimate of drug-likeness (QED) is 0.393. The molecule has 0 aliphatic carbocycles. The minimum atomic E-state index is -0.645. The molecule has 142 valence electrons. The summed E-state index contributed by atoms with van der Waals surface area (Å²) >= 11 is 12.3. The minimum absolute atomic E-state index is 0.0472. The number of carbonyl (C=O) groups is 2. The maximum atomic E-state index is 12.3. The van der Waals surface area contributed by atoms with Crippen molar-refractivity contribution >= 4 is 46.5 Å². The number of anilines is 1. The van der Waals surface area contributed by atoms with Crippen molar-refractivity contribution < 1.29 is 19.2 Å². The lowest BCUT2D eigenvalue weighted by atomic mass is 10.1. The Balaban J connectivity index is 2.57. The molecule has 2 aromatic carbocycles. The largest absolute Gasteiger partial charge is 0.462 e. The van der Waals surface area contributed by atoms with E-state index in [1.54, 1.807) is 25.1 Å². The number of halogens is 2. The molecule has 7 nitrogen and oxygen atoms in total. The van der Waals surface area contributed by atoms with Crippen LogP contribution in [0.15, 0.2) is 36.4 Å². The normalized spacial score (nSPS) is 10.4. The van der Waals surface area contributed by atoms with E-state index in [1.807, 2.05) is 0 Å². The van der Waals surface area contributed by atoms with Gasteiger partial charge in [0.2, 0.25) is 5.91 Å². The molecular formula is C18H16Cl2N2O5. The minimum Gasteiger partial charge on any atom is -0.462 e. The standard InChI is InChI=1S/C18H16Cl2N2O5/c1-3-27-18(24)12-7-8-16(22(25)26)17(9-12)21(11(2)23)10-13-14(19)5-4-6-15(13)20/h4-9H,3,10H2,1-2H3. The number of benzene rings is 2. The van der Waals surface area contributed by atoms with Crippen LogP contribution in [0.25, 0.3) is 0 Å². The van der Waals surface area contributed by atoms with Crippen LogP contribution in [0.5, 0.6) is 0 Å². The van der Waals surface area contributed by atoms with Gasteiger partial charge in [0.25, 0.3) is 5.69 Å². The molecule has 0 aromatic heterocycles. The third kappa shape index (κ3) is 4.75. The van der Waals surface area contributed by atoms with Crippen LogP contribution in [0.4, 0.5) is 11.4 Å². The van der Waals surface area contributed by atoms with Crippen molar-refractivity contribution in [1.82, 2.24) is 0 Å². The van der Waals surface area contributed by atoms with Gasteiger partial charge in [0.15, 0.2) is 0 Å². The topological polar surface area (TPSA) is 89.8 Å². The van der Waals surface area contributed by atoms with Gasteiger partial charge in [-0.15, -0.1) is 0 Å². The molecule has 9 heteroatoms. The molecule has 0 heterocycles. The highest BCUT2D eigenvalue weighted by Crippen LogP contribution is 2.33. The van der Waals surface area contributed by atoms with Crippen LogP contribution in [0.2, 0.25) is 10.0 Å². The summed E-state index contributed by atoms with van der Waals surface area (Å²) in [6.07, 6.45) is 0. The third-order valence-electron chi connectivity index (χ3n) is 3.73. The van der Waals surface area contributed by atoms with Crippen LogP contribution < -0.4 is 4.90 Å². The van der Waals surface area contributed by atoms with Gasteiger partial charge in [-0.3, -0.25) is 14.9 Å². The molecule has 0 bridgehead atoms. The van der Waals surface area contributed by atoms with Gasteiger partial charge in [-0.1, -0.05) is 29.3 Å². The highest BCUT2D eigenvalue weighted by atomic mass is 35.5. The zero-order chi connectivity index (χ0) is 20.1. The molecular weight excluding hydrogens is 395 g/mol. The van der Waals surface area contributed by atoms with Crippen molar-refractivity contribution in [3.63, 3.8) is 0 Å². The number of nitro benzene ring substituents is 1. The van der Waals surface area contributed by atoms with Crippen LogP contribution in [0.1, 0.15) is 29.8 Å². The molecule has 0 fully saturated rings. The van der Waals surface area contributed by atoms with E-state index < -0.39 is 16.8 Å². The summed E-state index contributed by atoms with van der Waals surface area (Å²) in [7, 11) is 0. The second-order valence-electron chi connectivity index (χ2n) is 5.49. The van der Waals surface area contributed by atoms with Gasteiger partial charge in [-0.2, -0.15) is 0 Å². The zero-order valence-electron chi connectivity index (χ0n) is 14.6. The highest BCUT2D eigenvalue weighted by molar-refractivity contribution is 6.36. The van der Waals surface area contributed by atoms with Gasteiger partial charge in [-0.25, -0.2) is 4.79 Å². The average Bonchev–Trinajstić information content (AvgIpc) is 2.60. The maximum absolute atomic E-state index is 12.3. The predicted octanol–water partition coefficient (Wildman–Crippen LogP) is 4.63. The first-order valence-electron chi connectivity index (χ1n) is 7.92. The lowest BCUT2D eigenvalue weighted by Gasteiger charge is -2.22. The van der Waals surface area contributed by atoms with Gasteiger partial charge in [0.1, 0.15) is 5.69 Å². The summed E-state index contributed by atoms with van der Waals surface area (Å²) in [5.74, 6) is -1.12. The smallest absolute Gasteiger partial charge is 0.338 e. The summed E-state index contributed by atoms with van der Waals surface area (Å²) in [4.78, 5) is 36.2. The van der Waals surface area contributed by atoms with E-state index in [4.69, 9.17) is 27.9 Å². The SMILES string of the molecule is CCOC(=O)c1ccc([N+](=O)[O-])c(N(Cc2c(Cl)cccc2Cl)C(C)=O)c1. The molecule has 0 unspecified atom stereocenters. The van der Waals surface area contributed by atoms with E-state index in [0.717, 1.165) is 11.0 Å². The number of hydrogen-bond acceptors (Lipinski definition) is 5. The Morgan fingerprint density at radius 3 is 2.33 bits per heavy atom. The second-order valence-corrected chi connectivity index (χ2v) is 6.30. The molecule has 0 N–H and O–H groups in total. The van der Waals surface area contributed by atoms with Crippen LogP contribution in [0.3, 0.4) is 0 Å². The summed E-state index contributed by atoms with van der Waals surface area (Å²) in [5, 5.41) is 12.1. The summed E-state index contributed by atoms with van der Waals surface area (Å²) in [6, 6.07) is 8.54. The summed E-state index contributed by atoms with van der Waals surface area (Å²) < 4.78 is 4.93. The monoisotopic (exact) mass is 410 g/mol. The second kappa shape index (κ2) is 8.83. The fraction of sp³-hybridized carbons (Fsp3) is 0.222. The first-order chi connectivity index (χ1) is 12.8. The van der Waals surface area contributed by atoms with E-state index >= 15 is 0 Å². The Bertz CT molecular complexity index is 881. The van der Waals surface area contributed by atoms with Crippen molar-refractivity contribution in [2.24, 2.45) is 0 Å². The molecule has 0 spiro atoms. The molecule has 0 atom stereocenters. The van der Waals surface area contributed by atoms with Crippen LogP contribution in [0, 0.1) is 10.1 Å². The van der Waals surface area contributed by atoms with Crippen LogP contribution in [-0.4, -0.2) is 23.4 Å². The maximum Gasteiger partial charge on any atom is 0.338 e. The fourth-order valence-electron chi connectivity index (χ4n) is 2.44. The van der Waals surface area contributed by atoms with Gasteiger partial charge >= 0.3 is 5.97 Å². The molecule has 0 saturated heterocycles. The highest BCUT2D eigenvalue weighted by Gasteiger charge is 2.26. The third-order valence-corrected chi connectivity index (χ3v) is 4.44. The van der Waals surface area contributed by atoms with Crippen molar-refractivity contribution in [3.8, 4) is 0 Å². The lowest BCUT2D eigenvalue weighted by molar-refractivity contribution is -0.384. The molecule has 0 radical (unpaired) electrons. The van der Waals surface area contributed by atoms with Crippen LogP contribution in [-0.2, 0) is 16.1 Å². The number of carbonyl (C=O) groups excluding carboxylic acids is 2. The Labute approximate surface area is 165 Å². The first-order valence-corrected chi connectivity index (χ1v) is 8.68. The van der Waals surface area contributed by atoms with Crippen LogP contribution >= 0.6 is 23.2 Å². The van der Waals surface area contributed by atoms with E-state index in [1.165, 1.54) is 19.1 Å². The zero-order valence-corrected chi connectivity index (χ0v) is 16.1. The van der Waals surface area contributed by atoms with Crippen molar-refractivity contribution in [1.29, 1.82) is 0 Å². The van der Waals surface area contributed by atoms with Gasteiger partial charge in [-0.05, 0) is 31.2 Å². The average molecular weight is 411 g/mol. The predicted molar refractivity (Wildman–Crippen MR) is 102 cm³/mol. The number of ether oxygens (including phenoxy) is 1. The van der Waals surface area contributed by atoms with Gasteiger partial charge in [0, 0.05) is 28.6 Å². The Hall–Kier alpha value is -2.64. The lowest BCUT2D eigenvalue weighted by Crippen LogP contribution is -2.29. The van der Waals surface area contributed by atoms with E-state index in [0.29, 0.717) is 15.6 Å². The molecule has 0 saturated carbocycles. The first kappa shape index (κ1) is 20.7. The van der Waals surface area contributed by atoms with Crippen molar-refractivity contribution in [2.75, 3.05) is 11.5 Å². The molecule has 2 rings (SSSR count). The van der Waals surface area contributed by atoms with Gasteiger partial charge in [0.05, 0.1) is 23.6 Å². The van der Waals surface area contributed by atoms with Crippen molar-refractivity contribution in [2.45, 2.75) is 20.4 Å². The number of nitro groups is 1. The number of amides is 1. The van der Waals surface area contributed by atoms with E-state index in [9.17, 15) is 19.7 Å². The fourth-order valence-corrected chi connectivity index (χ4v) is 2.96. The molecule has 2 aromatic rings. The molecule has 1 amide bonds. The Kier molecular flexibility index (Phi) is 6.76. The number of esters is 1. The summed E-state index contributed by atoms with van der Waals surface area (Å²) in [5.41, 5.74) is 0.149. The Morgan fingerprint density at radius 1 is 1.19 bits per heavy atom. The molecule has 0 aliphatic heterocycles. The van der Waals surface area contributed by atoms with E-state index in [-0.39, 0.29) is 30.1 Å². The molecule has 27 heavy (non-hydrogen) atoms. The van der Waals surface area contributed by atoms with Gasteiger partial charge < -0.3 is 9.64 Å². The molecule has 0 aliphatic rings. The Morgan fingerprint density at radius 2 is 1.81 bits per heavy atom. The van der Waals surface area contributed by atoms with Crippen molar-refractivity contribution in [3.05, 3.63) is 67.7 Å². The number of rotatable bonds is 6.